The number of hydrogen-bond acceptors (Lipinski definition) is 3. The van der Waals surface area contributed by atoms with E-state index in [1.54, 1.807) is 7.11 Å². The van der Waals surface area contributed by atoms with Gasteiger partial charge in [-0.25, -0.2) is 0 Å². The van der Waals surface area contributed by atoms with Crippen molar-refractivity contribution >= 4 is 37.5 Å². The quantitative estimate of drug-likeness (QED) is 0.696. The molecule has 1 N–H and O–H groups in total. The largest absolute Gasteiger partial charge is 0.495 e. The van der Waals surface area contributed by atoms with Crippen LogP contribution in [0.3, 0.4) is 0 Å². The number of anilines is 1. The van der Waals surface area contributed by atoms with Crippen molar-refractivity contribution in [2.24, 2.45) is 5.92 Å². The molecule has 0 amide bonds. The summed E-state index contributed by atoms with van der Waals surface area (Å²) in [5.41, 5.74) is 0.979. The molecule has 1 aromatic heterocycles. The van der Waals surface area contributed by atoms with Crippen molar-refractivity contribution in [1.82, 2.24) is 0 Å². The van der Waals surface area contributed by atoms with Crippen LogP contribution in [-0.2, 0) is 6.54 Å². The Labute approximate surface area is 141 Å². The zero-order valence-corrected chi connectivity index (χ0v) is 15.1. The van der Waals surface area contributed by atoms with Gasteiger partial charge in [0.2, 0.25) is 0 Å². The Morgan fingerprint density at radius 3 is 2.71 bits per heavy atom. The van der Waals surface area contributed by atoms with E-state index in [0.717, 1.165) is 37.8 Å². The summed E-state index contributed by atoms with van der Waals surface area (Å²) >= 11 is 7.02. The molecule has 1 aromatic carbocycles. The second kappa shape index (κ2) is 6.05. The predicted octanol–water partition coefficient (Wildman–Crippen LogP) is 5.55. The molecule has 3 rings (SSSR count). The van der Waals surface area contributed by atoms with Crippen LogP contribution in [0.5, 0.6) is 5.75 Å². The third kappa shape index (κ3) is 3.29. The van der Waals surface area contributed by atoms with Crippen LogP contribution in [-0.4, -0.2) is 7.11 Å². The molecule has 0 bridgehead atoms. The lowest BCUT2D eigenvalue weighted by atomic mass is 10.3. The molecule has 21 heavy (non-hydrogen) atoms. The summed E-state index contributed by atoms with van der Waals surface area (Å²) in [6, 6.07) is 8.08. The van der Waals surface area contributed by atoms with Crippen LogP contribution < -0.4 is 10.1 Å². The topological polar surface area (TPSA) is 34.4 Å². The second-order valence-corrected chi connectivity index (χ2v) is 7.15. The first-order valence-electron chi connectivity index (χ1n) is 6.94. The van der Waals surface area contributed by atoms with E-state index < -0.39 is 0 Å². The molecule has 1 saturated carbocycles. The number of furan rings is 1. The Morgan fingerprint density at radius 2 is 2.05 bits per heavy atom. The molecule has 0 saturated heterocycles. The second-order valence-electron chi connectivity index (χ2n) is 5.44. The Hall–Kier alpha value is -0.940. The fourth-order valence-electron chi connectivity index (χ4n) is 2.41. The summed E-state index contributed by atoms with van der Waals surface area (Å²) in [7, 11) is 1.66. The van der Waals surface area contributed by atoms with Gasteiger partial charge in [0.25, 0.3) is 0 Å². The Bertz CT molecular complexity index is 654. The predicted molar refractivity (Wildman–Crippen MR) is 91.0 cm³/mol. The van der Waals surface area contributed by atoms with Crippen molar-refractivity contribution < 1.29 is 9.15 Å². The summed E-state index contributed by atoms with van der Waals surface area (Å²) in [4.78, 5) is 0. The van der Waals surface area contributed by atoms with Gasteiger partial charge < -0.3 is 14.5 Å². The fourth-order valence-corrected chi connectivity index (χ4v) is 3.71. The SMILES string of the molecule is COc1cc(NCc2ccc(C3CC3C)o2)c(Br)cc1Br. The maximum atomic E-state index is 5.90. The van der Waals surface area contributed by atoms with Crippen LogP contribution in [0.25, 0.3) is 0 Å². The zero-order chi connectivity index (χ0) is 15.0. The van der Waals surface area contributed by atoms with Crippen LogP contribution >= 0.6 is 31.9 Å². The minimum Gasteiger partial charge on any atom is -0.495 e. The summed E-state index contributed by atoms with van der Waals surface area (Å²) in [6.45, 7) is 2.92. The van der Waals surface area contributed by atoms with Gasteiger partial charge in [0.05, 0.1) is 23.8 Å². The lowest BCUT2D eigenvalue weighted by molar-refractivity contribution is 0.412. The number of benzene rings is 1. The molecule has 3 nitrogen and oxygen atoms in total. The highest BCUT2D eigenvalue weighted by Crippen LogP contribution is 2.47. The number of methoxy groups -OCH3 is 1. The highest BCUT2D eigenvalue weighted by atomic mass is 79.9. The number of ether oxygens (including phenoxy) is 1. The molecule has 0 radical (unpaired) electrons. The Kier molecular flexibility index (Phi) is 4.31. The minimum atomic E-state index is 0.623. The van der Waals surface area contributed by atoms with Gasteiger partial charge in [0.15, 0.2) is 0 Å². The van der Waals surface area contributed by atoms with Crippen molar-refractivity contribution in [2.75, 3.05) is 12.4 Å². The van der Waals surface area contributed by atoms with E-state index in [4.69, 9.17) is 9.15 Å². The van der Waals surface area contributed by atoms with Crippen molar-refractivity contribution in [3.05, 3.63) is 44.7 Å². The molecule has 0 spiro atoms. The van der Waals surface area contributed by atoms with Crippen LogP contribution in [0.1, 0.15) is 30.8 Å². The van der Waals surface area contributed by atoms with Crippen molar-refractivity contribution in [3.8, 4) is 5.75 Å². The van der Waals surface area contributed by atoms with Gasteiger partial charge in [-0.1, -0.05) is 6.92 Å². The first kappa shape index (κ1) is 15.0. The smallest absolute Gasteiger partial charge is 0.135 e. The Morgan fingerprint density at radius 1 is 1.29 bits per heavy atom. The molecule has 2 atom stereocenters. The van der Waals surface area contributed by atoms with Gasteiger partial charge in [-0.05, 0) is 62.4 Å². The van der Waals surface area contributed by atoms with Crippen LogP contribution in [0.2, 0.25) is 0 Å². The summed E-state index contributed by atoms with van der Waals surface area (Å²) < 4.78 is 13.1. The maximum Gasteiger partial charge on any atom is 0.135 e. The molecular weight excluding hydrogens is 398 g/mol. The number of hydrogen-bond donors (Lipinski definition) is 1. The minimum absolute atomic E-state index is 0.623. The van der Waals surface area contributed by atoms with E-state index in [-0.39, 0.29) is 0 Å². The third-order valence-corrected chi connectivity index (χ3v) is 5.13. The standard InChI is InChI=1S/C16H17Br2NO2/c1-9-5-11(9)15-4-3-10(21-15)8-19-14-7-16(20-2)13(18)6-12(14)17/h3-4,6-7,9,11,19H,5,8H2,1-2H3. The molecule has 1 aliphatic rings. The van der Waals surface area contributed by atoms with Gasteiger partial charge in [0.1, 0.15) is 17.3 Å². The fraction of sp³-hybridized carbons (Fsp3) is 0.375. The molecule has 0 aliphatic heterocycles. The molecule has 112 valence electrons. The van der Waals surface area contributed by atoms with E-state index in [1.807, 2.05) is 12.1 Å². The average molecular weight is 415 g/mol. The van der Waals surface area contributed by atoms with Gasteiger partial charge in [-0.2, -0.15) is 0 Å². The molecule has 5 heteroatoms. The van der Waals surface area contributed by atoms with Gasteiger partial charge in [-0.15, -0.1) is 0 Å². The number of halogens is 2. The highest BCUT2D eigenvalue weighted by Gasteiger charge is 2.36. The molecule has 2 unspecified atom stereocenters. The Balaban J connectivity index is 1.68. The first-order chi connectivity index (χ1) is 10.1. The van der Waals surface area contributed by atoms with Crippen molar-refractivity contribution in [2.45, 2.75) is 25.8 Å². The van der Waals surface area contributed by atoms with Crippen LogP contribution in [0, 0.1) is 5.92 Å². The monoisotopic (exact) mass is 413 g/mol. The molecule has 1 fully saturated rings. The van der Waals surface area contributed by atoms with Gasteiger partial charge >= 0.3 is 0 Å². The van der Waals surface area contributed by atoms with Crippen LogP contribution in [0.4, 0.5) is 5.69 Å². The highest BCUT2D eigenvalue weighted by molar-refractivity contribution is 9.11. The summed E-state index contributed by atoms with van der Waals surface area (Å²) in [6.07, 6.45) is 1.25. The van der Waals surface area contributed by atoms with Crippen molar-refractivity contribution in [3.63, 3.8) is 0 Å². The lowest BCUT2D eigenvalue weighted by Gasteiger charge is -2.11. The van der Waals surface area contributed by atoms with Gasteiger partial charge in [-0.3, -0.25) is 0 Å². The average Bonchev–Trinajstić information content (AvgIpc) is 3.00. The van der Waals surface area contributed by atoms with E-state index in [1.165, 1.54) is 6.42 Å². The van der Waals surface area contributed by atoms with Crippen molar-refractivity contribution in [1.29, 1.82) is 0 Å². The third-order valence-electron chi connectivity index (χ3n) is 3.85. The van der Waals surface area contributed by atoms with E-state index in [9.17, 15) is 0 Å². The zero-order valence-electron chi connectivity index (χ0n) is 12.0. The normalized spacial score (nSPS) is 20.4. The summed E-state index contributed by atoms with van der Waals surface area (Å²) in [5, 5.41) is 3.37. The molecule has 1 aliphatic carbocycles. The molecule has 2 aromatic rings. The number of nitrogens with one attached hydrogen (secondary N) is 1. The lowest BCUT2D eigenvalue weighted by Crippen LogP contribution is -1.99. The first-order valence-corrected chi connectivity index (χ1v) is 8.52. The molecular formula is C16H17Br2NO2. The van der Waals surface area contributed by atoms with Crippen LogP contribution in [0.15, 0.2) is 37.6 Å². The molecule has 1 heterocycles. The van der Waals surface area contributed by atoms with Gasteiger partial charge in [0, 0.05) is 16.5 Å². The summed E-state index contributed by atoms with van der Waals surface area (Å²) in [5.74, 6) is 4.26. The number of rotatable bonds is 5. The maximum absolute atomic E-state index is 5.90. The van der Waals surface area contributed by atoms with E-state index in [2.05, 4.69) is 56.2 Å². The van der Waals surface area contributed by atoms with E-state index in [0.29, 0.717) is 12.5 Å². The van der Waals surface area contributed by atoms with E-state index >= 15 is 0 Å².